The molecule has 1 saturated carbocycles. The molecule has 0 spiro atoms. The molecular weight excluding hydrogens is 278 g/mol. The average Bonchev–Trinajstić information content (AvgIpc) is 3.02. The van der Waals surface area contributed by atoms with Gasteiger partial charge in [0.2, 0.25) is 12.7 Å². The van der Waals surface area contributed by atoms with Crippen LogP contribution in [0, 0.1) is 11.8 Å². The number of hydrogen-bond acceptors (Lipinski definition) is 3. The van der Waals surface area contributed by atoms with Crippen LogP contribution in [0.25, 0.3) is 0 Å². The van der Waals surface area contributed by atoms with Crippen LogP contribution in [0.4, 0.5) is 0 Å². The van der Waals surface area contributed by atoms with Crippen molar-refractivity contribution in [2.24, 2.45) is 11.8 Å². The Hall–Kier alpha value is -1.71. The molecule has 118 valence electrons. The van der Waals surface area contributed by atoms with E-state index < -0.39 is 0 Å². The number of likely N-dealkylation sites (tertiary alicyclic amines) is 1. The number of ether oxygens (including phenoxy) is 2. The fourth-order valence-corrected chi connectivity index (χ4v) is 4.16. The van der Waals surface area contributed by atoms with Crippen LogP contribution in [0.3, 0.4) is 0 Å². The van der Waals surface area contributed by atoms with Crippen molar-refractivity contribution in [3.05, 3.63) is 23.8 Å². The zero-order chi connectivity index (χ0) is 14.9. The number of rotatable bonds is 2. The van der Waals surface area contributed by atoms with E-state index in [4.69, 9.17) is 9.47 Å². The number of benzene rings is 1. The fourth-order valence-electron chi connectivity index (χ4n) is 4.16. The summed E-state index contributed by atoms with van der Waals surface area (Å²) in [5.41, 5.74) is 1.01. The zero-order valence-corrected chi connectivity index (χ0v) is 12.9. The van der Waals surface area contributed by atoms with Gasteiger partial charge in [-0.3, -0.25) is 4.79 Å². The van der Waals surface area contributed by atoms with Gasteiger partial charge in [-0.15, -0.1) is 0 Å². The molecule has 1 saturated heterocycles. The minimum atomic E-state index is 0.253. The lowest BCUT2D eigenvalue weighted by Crippen LogP contribution is -2.45. The van der Waals surface area contributed by atoms with E-state index in [0.717, 1.165) is 42.0 Å². The van der Waals surface area contributed by atoms with Crippen LogP contribution in [-0.2, 0) is 11.2 Å². The third-order valence-corrected chi connectivity index (χ3v) is 5.44. The van der Waals surface area contributed by atoms with Crippen molar-refractivity contribution in [3.63, 3.8) is 0 Å². The van der Waals surface area contributed by atoms with Gasteiger partial charge < -0.3 is 14.4 Å². The number of carbonyl (C=O) groups excluding carboxylic acids is 1. The highest BCUT2D eigenvalue weighted by atomic mass is 16.7. The summed E-state index contributed by atoms with van der Waals surface area (Å²) in [6.45, 7) is 2.18. The minimum absolute atomic E-state index is 0.253. The predicted octanol–water partition coefficient (Wildman–Crippen LogP) is 3.00. The molecule has 0 aromatic heterocycles. The first-order valence-electron chi connectivity index (χ1n) is 8.46. The van der Waals surface area contributed by atoms with Crippen LogP contribution in [0.15, 0.2) is 18.2 Å². The molecule has 1 aromatic carbocycles. The zero-order valence-electron chi connectivity index (χ0n) is 12.9. The van der Waals surface area contributed by atoms with Crippen LogP contribution in [0.5, 0.6) is 11.5 Å². The topological polar surface area (TPSA) is 38.8 Å². The molecule has 3 aliphatic rings. The molecule has 0 bridgehead atoms. The van der Waals surface area contributed by atoms with Gasteiger partial charge >= 0.3 is 0 Å². The van der Waals surface area contributed by atoms with Gasteiger partial charge in [-0.2, -0.15) is 0 Å². The monoisotopic (exact) mass is 301 g/mol. The van der Waals surface area contributed by atoms with Gasteiger partial charge in [0.05, 0.1) is 6.42 Å². The number of carbonyl (C=O) groups is 1. The standard InChI is InChI=1S/C18H23NO3/c20-18(10-13-5-6-16-17(9-13)22-12-21-16)19-8-7-14-3-1-2-4-15(14)11-19/h5-6,9,14-15H,1-4,7-8,10-12H2/t14-,15-/m1/s1. The third-order valence-electron chi connectivity index (χ3n) is 5.44. The summed E-state index contributed by atoms with van der Waals surface area (Å²) < 4.78 is 10.7. The average molecular weight is 301 g/mol. The van der Waals surface area contributed by atoms with Crippen LogP contribution in [-0.4, -0.2) is 30.7 Å². The first-order chi connectivity index (χ1) is 10.8. The Morgan fingerprint density at radius 1 is 1.09 bits per heavy atom. The molecule has 1 aromatic rings. The van der Waals surface area contributed by atoms with Crippen molar-refractivity contribution in [1.82, 2.24) is 4.90 Å². The van der Waals surface area contributed by atoms with Gasteiger partial charge in [-0.25, -0.2) is 0 Å². The lowest BCUT2D eigenvalue weighted by molar-refractivity contribution is -0.133. The van der Waals surface area contributed by atoms with Gasteiger partial charge in [0.1, 0.15) is 0 Å². The maximum atomic E-state index is 12.6. The van der Waals surface area contributed by atoms with Crippen molar-refractivity contribution in [2.75, 3.05) is 19.9 Å². The molecule has 0 N–H and O–H groups in total. The van der Waals surface area contributed by atoms with Gasteiger partial charge in [0, 0.05) is 13.1 Å². The highest BCUT2D eigenvalue weighted by molar-refractivity contribution is 5.79. The predicted molar refractivity (Wildman–Crippen MR) is 82.9 cm³/mol. The molecule has 4 heteroatoms. The Morgan fingerprint density at radius 2 is 1.91 bits per heavy atom. The van der Waals surface area contributed by atoms with Crippen molar-refractivity contribution in [3.8, 4) is 11.5 Å². The van der Waals surface area contributed by atoms with E-state index >= 15 is 0 Å². The summed E-state index contributed by atoms with van der Waals surface area (Å²) in [4.78, 5) is 14.7. The molecule has 4 nitrogen and oxygen atoms in total. The second-order valence-electron chi connectivity index (χ2n) is 6.80. The molecule has 0 unspecified atom stereocenters. The summed E-state index contributed by atoms with van der Waals surface area (Å²) in [7, 11) is 0. The van der Waals surface area contributed by atoms with E-state index in [1.165, 1.54) is 32.1 Å². The maximum Gasteiger partial charge on any atom is 0.231 e. The second-order valence-corrected chi connectivity index (χ2v) is 6.80. The number of amides is 1. The quantitative estimate of drug-likeness (QED) is 0.843. The summed E-state index contributed by atoms with van der Waals surface area (Å²) in [5, 5.41) is 0. The summed E-state index contributed by atoms with van der Waals surface area (Å²) in [6, 6.07) is 5.81. The maximum absolute atomic E-state index is 12.6. The molecule has 22 heavy (non-hydrogen) atoms. The number of fused-ring (bicyclic) bond motifs is 2. The van der Waals surface area contributed by atoms with E-state index in [1.807, 2.05) is 18.2 Å². The SMILES string of the molecule is O=C(Cc1ccc2c(c1)OCO2)N1CC[C@H]2CCCC[C@@H]2C1. The van der Waals surface area contributed by atoms with Crippen molar-refractivity contribution >= 4 is 5.91 Å². The molecule has 2 heterocycles. The molecule has 4 rings (SSSR count). The van der Waals surface area contributed by atoms with Crippen LogP contribution < -0.4 is 9.47 Å². The minimum Gasteiger partial charge on any atom is -0.454 e. The van der Waals surface area contributed by atoms with Gasteiger partial charge in [0.25, 0.3) is 0 Å². The van der Waals surface area contributed by atoms with E-state index in [-0.39, 0.29) is 12.7 Å². The lowest BCUT2D eigenvalue weighted by Gasteiger charge is -2.41. The summed E-state index contributed by atoms with van der Waals surface area (Å²) in [6.07, 6.45) is 7.05. The summed E-state index contributed by atoms with van der Waals surface area (Å²) in [5.74, 6) is 3.39. The summed E-state index contributed by atoms with van der Waals surface area (Å²) >= 11 is 0. The first kappa shape index (κ1) is 13.9. The van der Waals surface area contributed by atoms with Crippen LogP contribution in [0.2, 0.25) is 0 Å². The molecule has 2 fully saturated rings. The largest absolute Gasteiger partial charge is 0.454 e. The van der Waals surface area contributed by atoms with Crippen molar-refractivity contribution in [2.45, 2.75) is 38.5 Å². The molecule has 1 aliphatic carbocycles. The Kier molecular flexibility index (Phi) is 3.68. The van der Waals surface area contributed by atoms with Gasteiger partial charge in [0.15, 0.2) is 11.5 Å². The van der Waals surface area contributed by atoms with E-state index in [0.29, 0.717) is 6.42 Å². The first-order valence-corrected chi connectivity index (χ1v) is 8.46. The van der Waals surface area contributed by atoms with Gasteiger partial charge in [-0.05, 0) is 42.4 Å². The van der Waals surface area contributed by atoms with E-state index in [1.54, 1.807) is 0 Å². The number of hydrogen-bond donors (Lipinski definition) is 0. The molecule has 2 aliphatic heterocycles. The molecule has 1 amide bonds. The third kappa shape index (κ3) is 2.67. The Labute approximate surface area is 131 Å². The van der Waals surface area contributed by atoms with Crippen molar-refractivity contribution in [1.29, 1.82) is 0 Å². The highest BCUT2D eigenvalue weighted by Gasteiger charge is 2.32. The van der Waals surface area contributed by atoms with Gasteiger partial charge in [-0.1, -0.05) is 25.3 Å². The van der Waals surface area contributed by atoms with Crippen LogP contribution in [0.1, 0.15) is 37.7 Å². The van der Waals surface area contributed by atoms with Crippen molar-refractivity contribution < 1.29 is 14.3 Å². The Morgan fingerprint density at radius 3 is 2.82 bits per heavy atom. The Balaban J connectivity index is 1.39. The lowest BCUT2D eigenvalue weighted by atomic mass is 9.75. The molecule has 0 radical (unpaired) electrons. The van der Waals surface area contributed by atoms with E-state index in [9.17, 15) is 4.79 Å². The van der Waals surface area contributed by atoms with Crippen LogP contribution >= 0.6 is 0 Å². The molecule has 2 atom stereocenters. The number of nitrogens with zero attached hydrogens (tertiary/aromatic N) is 1. The smallest absolute Gasteiger partial charge is 0.231 e. The second kappa shape index (κ2) is 5.82. The highest BCUT2D eigenvalue weighted by Crippen LogP contribution is 2.36. The van der Waals surface area contributed by atoms with E-state index in [2.05, 4.69) is 4.90 Å². The Bertz CT molecular complexity index is 571. The number of piperidine rings is 1. The normalized spacial score (nSPS) is 26.6. The fraction of sp³-hybridized carbons (Fsp3) is 0.611. The molecular formula is C18H23NO3.